The third-order valence-corrected chi connectivity index (χ3v) is 9.58. The monoisotopic (exact) mass is 626 g/mol. The molecule has 11 heteroatoms. The first-order chi connectivity index (χ1) is 22.3. The second-order valence-corrected chi connectivity index (χ2v) is 12.5. The Kier molecular flexibility index (Phi) is 9.39. The maximum absolute atomic E-state index is 13.5. The average Bonchev–Trinajstić information content (AvgIpc) is 3.08. The number of nitrogens with zero attached hydrogens (tertiary/aromatic N) is 6. The lowest BCUT2D eigenvalue weighted by molar-refractivity contribution is -0.384. The van der Waals surface area contributed by atoms with Gasteiger partial charge in [-0.05, 0) is 79.3 Å². The van der Waals surface area contributed by atoms with Crippen molar-refractivity contribution in [2.24, 2.45) is 5.92 Å². The number of non-ortho nitro benzene ring substituents is 1. The van der Waals surface area contributed by atoms with Crippen LogP contribution in [0, 0.1) is 23.0 Å². The van der Waals surface area contributed by atoms with Crippen LogP contribution in [0.4, 0.5) is 27.5 Å². The van der Waals surface area contributed by atoms with Gasteiger partial charge in [0.2, 0.25) is 5.91 Å². The zero-order valence-electron chi connectivity index (χ0n) is 26.6. The van der Waals surface area contributed by atoms with Crippen LogP contribution in [0.2, 0.25) is 0 Å². The Bertz CT molecular complexity index is 1550. The van der Waals surface area contributed by atoms with E-state index in [1.165, 1.54) is 10.6 Å². The number of piperidine rings is 1. The molecule has 6 rings (SSSR count). The minimum Gasteiger partial charge on any atom is -0.497 e. The van der Waals surface area contributed by atoms with Crippen LogP contribution in [0.15, 0.2) is 66.7 Å². The summed E-state index contributed by atoms with van der Waals surface area (Å²) in [6.45, 7) is 9.60. The molecule has 0 aromatic heterocycles. The molecule has 0 N–H and O–H groups in total. The standard InChI is InChI=1S/C35H42N6O5/c1-26-23-31(9-12-33(26)39-18-15-34(42)40(35(39)43)25-27-3-10-32(46-2)11-4-27)37-16-13-28(14-17-37)24-36-19-21-38(22-20-36)29-5-7-30(8-6-29)41(44)45/h3-12,23,28H,13-22,24-25H2,1-2H3. The molecule has 0 saturated carbocycles. The molecule has 11 nitrogen and oxygen atoms in total. The van der Waals surface area contributed by atoms with Crippen molar-refractivity contribution in [3.05, 3.63) is 88.0 Å². The Morgan fingerprint density at radius 3 is 2.11 bits per heavy atom. The van der Waals surface area contributed by atoms with Gasteiger partial charge in [0, 0.05) is 88.0 Å². The molecule has 3 amide bonds. The largest absolute Gasteiger partial charge is 0.497 e. The number of benzene rings is 3. The number of nitro benzene ring substituents is 1. The smallest absolute Gasteiger partial charge is 0.331 e. The number of methoxy groups -OCH3 is 1. The maximum Gasteiger partial charge on any atom is 0.331 e. The Morgan fingerprint density at radius 2 is 1.48 bits per heavy atom. The van der Waals surface area contributed by atoms with Crippen LogP contribution in [0.3, 0.4) is 0 Å². The van der Waals surface area contributed by atoms with Gasteiger partial charge < -0.3 is 14.5 Å². The van der Waals surface area contributed by atoms with Crippen molar-refractivity contribution in [1.29, 1.82) is 0 Å². The lowest BCUT2D eigenvalue weighted by Gasteiger charge is -2.40. The second-order valence-electron chi connectivity index (χ2n) is 12.5. The predicted octanol–water partition coefficient (Wildman–Crippen LogP) is 5.31. The third kappa shape index (κ3) is 6.94. The van der Waals surface area contributed by atoms with Crippen molar-refractivity contribution in [3.8, 4) is 5.75 Å². The van der Waals surface area contributed by atoms with E-state index in [9.17, 15) is 19.7 Å². The first-order valence-electron chi connectivity index (χ1n) is 16.1. The molecule has 3 aromatic carbocycles. The Hall–Kier alpha value is -4.64. The number of rotatable bonds is 9. The van der Waals surface area contributed by atoms with Gasteiger partial charge in [-0.3, -0.25) is 29.6 Å². The van der Waals surface area contributed by atoms with Crippen LogP contribution in [0.25, 0.3) is 0 Å². The molecule has 3 aliphatic rings. The summed E-state index contributed by atoms with van der Waals surface area (Å²) in [5, 5.41) is 11.0. The minimum absolute atomic E-state index is 0.127. The zero-order valence-corrected chi connectivity index (χ0v) is 26.6. The summed E-state index contributed by atoms with van der Waals surface area (Å²) in [7, 11) is 1.61. The van der Waals surface area contributed by atoms with Crippen molar-refractivity contribution in [1.82, 2.24) is 9.80 Å². The topological polar surface area (TPSA) is 103 Å². The summed E-state index contributed by atoms with van der Waals surface area (Å²) in [5.74, 6) is 1.24. The van der Waals surface area contributed by atoms with E-state index in [2.05, 4.69) is 26.8 Å². The van der Waals surface area contributed by atoms with Crippen LogP contribution < -0.4 is 19.4 Å². The van der Waals surface area contributed by atoms with Gasteiger partial charge >= 0.3 is 6.03 Å². The number of hydrogen-bond acceptors (Lipinski definition) is 8. The zero-order chi connectivity index (χ0) is 32.2. The van der Waals surface area contributed by atoms with Crippen LogP contribution in [-0.4, -0.2) is 86.1 Å². The molecule has 242 valence electrons. The number of urea groups is 1. The highest BCUT2D eigenvalue weighted by Crippen LogP contribution is 2.31. The Balaban J connectivity index is 0.996. The SMILES string of the molecule is COc1ccc(CN2C(=O)CCN(c3ccc(N4CCC(CN5CCN(c6ccc([N+](=O)[O-])cc6)CC5)CC4)cc3C)C2=O)cc1. The summed E-state index contributed by atoms with van der Waals surface area (Å²) in [6.07, 6.45) is 2.56. The van der Waals surface area contributed by atoms with Crippen molar-refractivity contribution >= 4 is 34.7 Å². The molecule has 46 heavy (non-hydrogen) atoms. The van der Waals surface area contributed by atoms with E-state index in [1.54, 1.807) is 24.1 Å². The normalized spacial score (nSPS) is 18.3. The summed E-state index contributed by atoms with van der Waals surface area (Å²) in [4.78, 5) is 47.2. The fraction of sp³-hybridized carbons (Fsp3) is 0.429. The van der Waals surface area contributed by atoms with Gasteiger partial charge in [0.05, 0.1) is 18.6 Å². The van der Waals surface area contributed by atoms with E-state index in [0.717, 1.165) is 86.9 Å². The molecule has 3 aliphatic heterocycles. The maximum atomic E-state index is 13.5. The lowest BCUT2D eigenvalue weighted by atomic mass is 9.95. The van der Waals surface area contributed by atoms with Crippen LogP contribution in [0.5, 0.6) is 5.75 Å². The van der Waals surface area contributed by atoms with E-state index in [0.29, 0.717) is 18.9 Å². The third-order valence-electron chi connectivity index (χ3n) is 9.58. The average molecular weight is 627 g/mol. The van der Waals surface area contributed by atoms with Gasteiger partial charge in [-0.15, -0.1) is 0 Å². The number of carbonyl (C=O) groups excluding carboxylic acids is 2. The van der Waals surface area contributed by atoms with E-state index >= 15 is 0 Å². The number of hydrogen-bond donors (Lipinski definition) is 0. The molecular weight excluding hydrogens is 584 g/mol. The molecule has 0 aliphatic carbocycles. The molecule has 3 saturated heterocycles. The van der Waals surface area contributed by atoms with Crippen molar-refractivity contribution in [2.45, 2.75) is 32.7 Å². The summed E-state index contributed by atoms with van der Waals surface area (Å²) in [5.41, 5.74) is 5.10. The van der Waals surface area contributed by atoms with Crippen molar-refractivity contribution < 1.29 is 19.2 Å². The molecule has 0 radical (unpaired) electrons. The molecule has 0 bridgehead atoms. The van der Waals surface area contributed by atoms with Gasteiger partial charge in [0.15, 0.2) is 0 Å². The number of anilines is 3. The molecule has 0 unspecified atom stereocenters. The number of nitro groups is 1. The summed E-state index contributed by atoms with van der Waals surface area (Å²) in [6, 6.07) is 20.3. The Morgan fingerprint density at radius 1 is 0.826 bits per heavy atom. The number of ether oxygens (including phenoxy) is 1. The highest BCUT2D eigenvalue weighted by Gasteiger charge is 2.34. The van der Waals surface area contributed by atoms with Crippen LogP contribution in [-0.2, 0) is 11.3 Å². The fourth-order valence-electron chi connectivity index (χ4n) is 6.84. The van der Waals surface area contributed by atoms with E-state index in [4.69, 9.17) is 4.74 Å². The van der Waals surface area contributed by atoms with Crippen LogP contribution in [0.1, 0.15) is 30.4 Å². The summed E-state index contributed by atoms with van der Waals surface area (Å²) >= 11 is 0. The highest BCUT2D eigenvalue weighted by molar-refractivity contribution is 6.06. The first kappa shape index (κ1) is 31.3. The second kappa shape index (κ2) is 13.8. The Labute approximate surface area is 270 Å². The molecule has 3 heterocycles. The molecule has 0 spiro atoms. The van der Waals surface area contributed by atoms with Gasteiger partial charge in [0.25, 0.3) is 5.69 Å². The van der Waals surface area contributed by atoms with Gasteiger partial charge in [-0.1, -0.05) is 12.1 Å². The van der Waals surface area contributed by atoms with Gasteiger partial charge in [-0.2, -0.15) is 0 Å². The molecular formula is C35H42N6O5. The highest BCUT2D eigenvalue weighted by atomic mass is 16.6. The number of aryl methyl sites for hydroxylation is 1. The van der Waals surface area contributed by atoms with Gasteiger partial charge in [0.1, 0.15) is 5.75 Å². The minimum atomic E-state index is -0.357. The fourth-order valence-corrected chi connectivity index (χ4v) is 6.84. The number of carbonyl (C=O) groups is 2. The van der Waals surface area contributed by atoms with Crippen LogP contribution >= 0.6 is 0 Å². The predicted molar refractivity (Wildman–Crippen MR) is 179 cm³/mol. The quantitative estimate of drug-likeness (QED) is 0.233. The number of piperazine rings is 1. The summed E-state index contributed by atoms with van der Waals surface area (Å²) < 4.78 is 5.23. The molecule has 0 atom stereocenters. The first-order valence-corrected chi connectivity index (χ1v) is 16.1. The number of imide groups is 1. The molecule has 3 fully saturated rings. The molecule has 3 aromatic rings. The lowest BCUT2D eigenvalue weighted by Crippen LogP contribution is -2.52. The van der Waals surface area contributed by atoms with Gasteiger partial charge in [-0.25, -0.2) is 4.79 Å². The van der Waals surface area contributed by atoms with Crippen molar-refractivity contribution in [3.63, 3.8) is 0 Å². The number of amides is 3. The van der Waals surface area contributed by atoms with E-state index < -0.39 is 0 Å². The van der Waals surface area contributed by atoms with E-state index in [1.807, 2.05) is 49.4 Å². The van der Waals surface area contributed by atoms with E-state index in [-0.39, 0.29) is 29.1 Å². The van der Waals surface area contributed by atoms with Crippen molar-refractivity contribution in [2.75, 3.05) is 74.2 Å².